The number of carboxylic acids is 1. The van der Waals surface area contributed by atoms with Crippen molar-refractivity contribution in [2.75, 3.05) is 19.6 Å². The summed E-state index contributed by atoms with van der Waals surface area (Å²) in [4.78, 5) is 26.9. The number of amides is 2. The molecule has 2 rings (SSSR count). The maximum atomic E-state index is 12.4. The number of carbonyl (C=O) groups is 2. The molecule has 0 bridgehead atoms. The fourth-order valence-corrected chi connectivity index (χ4v) is 2.47. The number of hydrogen-bond acceptors (Lipinski definition) is 2. The third-order valence-electron chi connectivity index (χ3n) is 3.79. The van der Waals surface area contributed by atoms with Crippen LogP contribution in [0, 0.1) is 5.92 Å². The van der Waals surface area contributed by atoms with Crippen LogP contribution >= 0.6 is 0 Å². The minimum atomic E-state index is -0.781. The quantitative estimate of drug-likeness (QED) is 0.813. The van der Waals surface area contributed by atoms with Crippen LogP contribution in [-0.2, 0) is 4.79 Å². The zero-order valence-corrected chi connectivity index (χ0v) is 11.0. The van der Waals surface area contributed by atoms with Crippen LogP contribution < -0.4 is 0 Å². The van der Waals surface area contributed by atoms with Crippen LogP contribution in [0.4, 0.5) is 4.79 Å². The first-order valence-corrected chi connectivity index (χ1v) is 6.91. The molecule has 5 nitrogen and oxygen atoms in total. The summed E-state index contributed by atoms with van der Waals surface area (Å²) in [6.45, 7) is 3.90. The van der Waals surface area contributed by atoms with E-state index in [1.54, 1.807) is 4.90 Å². The molecular weight excluding hydrogens is 232 g/mol. The van der Waals surface area contributed by atoms with Crippen molar-refractivity contribution in [3.8, 4) is 0 Å². The van der Waals surface area contributed by atoms with Crippen LogP contribution in [0.1, 0.15) is 39.0 Å². The van der Waals surface area contributed by atoms with E-state index in [1.165, 1.54) is 0 Å². The van der Waals surface area contributed by atoms with Gasteiger partial charge in [-0.2, -0.15) is 0 Å². The first-order valence-electron chi connectivity index (χ1n) is 6.91. The first kappa shape index (κ1) is 13.2. The van der Waals surface area contributed by atoms with E-state index in [0.717, 1.165) is 32.2 Å². The number of carboxylic acid groups (broad SMARTS) is 1. The number of nitrogens with zero attached hydrogens (tertiary/aromatic N) is 2. The van der Waals surface area contributed by atoms with Crippen LogP contribution in [0.15, 0.2) is 0 Å². The lowest BCUT2D eigenvalue weighted by Gasteiger charge is -2.28. The molecule has 1 unspecified atom stereocenters. The molecule has 2 aliphatic rings. The molecule has 1 aliphatic carbocycles. The SMILES string of the molecule is CCCCN(C(=O)N1CCC(C(=O)O)C1)C1CC1. The number of urea groups is 1. The highest BCUT2D eigenvalue weighted by Crippen LogP contribution is 2.29. The van der Waals surface area contributed by atoms with Crippen LogP contribution in [0.2, 0.25) is 0 Å². The monoisotopic (exact) mass is 254 g/mol. The summed E-state index contributed by atoms with van der Waals surface area (Å²) in [5.74, 6) is -1.15. The third kappa shape index (κ3) is 2.94. The second kappa shape index (κ2) is 5.59. The average molecular weight is 254 g/mol. The fraction of sp³-hybridized carbons (Fsp3) is 0.846. The molecule has 1 atom stereocenters. The standard InChI is InChI=1S/C13H22N2O3/c1-2-3-7-15(11-4-5-11)13(18)14-8-6-10(9-14)12(16)17/h10-11H,2-9H2,1H3,(H,16,17). The summed E-state index contributed by atoms with van der Waals surface area (Å²) in [6.07, 6.45) is 4.90. The van der Waals surface area contributed by atoms with E-state index >= 15 is 0 Å². The van der Waals surface area contributed by atoms with Crippen molar-refractivity contribution in [1.82, 2.24) is 9.80 Å². The predicted molar refractivity (Wildman–Crippen MR) is 67.3 cm³/mol. The molecule has 1 N–H and O–H groups in total. The van der Waals surface area contributed by atoms with E-state index in [1.807, 2.05) is 4.90 Å². The molecule has 1 aliphatic heterocycles. The van der Waals surface area contributed by atoms with Gasteiger partial charge in [-0.05, 0) is 25.7 Å². The van der Waals surface area contributed by atoms with Gasteiger partial charge >= 0.3 is 12.0 Å². The fourth-order valence-electron chi connectivity index (χ4n) is 2.47. The number of rotatable bonds is 5. The molecular formula is C13H22N2O3. The third-order valence-corrected chi connectivity index (χ3v) is 3.79. The maximum Gasteiger partial charge on any atom is 0.320 e. The van der Waals surface area contributed by atoms with E-state index in [0.29, 0.717) is 25.6 Å². The van der Waals surface area contributed by atoms with Crippen molar-refractivity contribution in [3.05, 3.63) is 0 Å². The molecule has 2 fully saturated rings. The van der Waals surface area contributed by atoms with Crippen LogP contribution in [0.3, 0.4) is 0 Å². The van der Waals surface area contributed by atoms with Crippen molar-refractivity contribution in [1.29, 1.82) is 0 Å². The van der Waals surface area contributed by atoms with Gasteiger partial charge in [0.05, 0.1) is 5.92 Å². The average Bonchev–Trinajstić information content (AvgIpc) is 3.05. The highest BCUT2D eigenvalue weighted by Gasteiger charge is 2.38. The maximum absolute atomic E-state index is 12.4. The summed E-state index contributed by atoms with van der Waals surface area (Å²) in [5.41, 5.74) is 0. The second-order valence-electron chi connectivity index (χ2n) is 5.33. The second-order valence-corrected chi connectivity index (χ2v) is 5.33. The lowest BCUT2D eigenvalue weighted by atomic mass is 10.1. The van der Waals surface area contributed by atoms with E-state index < -0.39 is 5.97 Å². The molecule has 2 amide bonds. The Labute approximate surface area is 108 Å². The molecule has 102 valence electrons. The number of carbonyl (C=O) groups excluding carboxylic acids is 1. The molecule has 5 heteroatoms. The van der Waals surface area contributed by atoms with Gasteiger partial charge in [-0.3, -0.25) is 4.79 Å². The zero-order chi connectivity index (χ0) is 13.1. The Morgan fingerprint density at radius 3 is 2.56 bits per heavy atom. The Balaban J connectivity index is 1.90. The normalized spacial score (nSPS) is 23.2. The van der Waals surface area contributed by atoms with E-state index in [4.69, 9.17) is 5.11 Å². The van der Waals surface area contributed by atoms with E-state index in [2.05, 4.69) is 6.92 Å². The van der Waals surface area contributed by atoms with Crippen molar-refractivity contribution in [3.63, 3.8) is 0 Å². The van der Waals surface area contributed by atoms with Crippen molar-refractivity contribution in [2.24, 2.45) is 5.92 Å². The van der Waals surface area contributed by atoms with Crippen LogP contribution in [0.5, 0.6) is 0 Å². The van der Waals surface area contributed by atoms with Gasteiger partial charge in [-0.1, -0.05) is 13.3 Å². The molecule has 1 saturated heterocycles. The number of likely N-dealkylation sites (tertiary alicyclic amines) is 1. The molecule has 0 spiro atoms. The van der Waals surface area contributed by atoms with Gasteiger partial charge < -0.3 is 14.9 Å². The molecule has 0 aromatic heterocycles. The van der Waals surface area contributed by atoms with Crippen molar-refractivity contribution in [2.45, 2.75) is 45.1 Å². The topological polar surface area (TPSA) is 60.9 Å². The smallest absolute Gasteiger partial charge is 0.320 e. The Bertz CT molecular complexity index is 328. The van der Waals surface area contributed by atoms with Gasteiger partial charge in [-0.25, -0.2) is 4.79 Å². The zero-order valence-electron chi connectivity index (χ0n) is 11.0. The van der Waals surface area contributed by atoms with Crippen molar-refractivity contribution >= 4 is 12.0 Å². The Kier molecular flexibility index (Phi) is 4.09. The predicted octanol–water partition coefficient (Wildman–Crippen LogP) is 1.78. The summed E-state index contributed by atoms with van der Waals surface area (Å²) in [5, 5.41) is 8.96. The van der Waals surface area contributed by atoms with Crippen molar-refractivity contribution < 1.29 is 14.7 Å². The highest BCUT2D eigenvalue weighted by molar-refractivity contribution is 5.78. The molecule has 1 heterocycles. The summed E-state index contributed by atoms with van der Waals surface area (Å²) < 4.78 is 0. The molecule has 1 saturated carbocycles. The Morgan fingerprint density at radius 1 is 1.33 bits per heavy atom. The molecule has 0 radical (unpaired) electrons. The van der Waals surface area contributed by atoms with Gasteiger partial charge in [0.25, 0.3) is 0 Å². The summed E-state index contributed by atoms with van der Waals surface area (Å²) >= 11 is 0. The number of aliphatic carboxylic acids is 1. The number of unbranched alkanes of at least 4 members (excludes halogenated alkanes) is 1. The summed E-state index contributed by atoms with van der Waals surface area (Å²) in [6, 6.07) is 0.461. The molecule has 18 heavy (non-hydrogen) atoms. The summed E-state index contributed by atoms with van der Waals surface area (Å²) in [7, 11) is 0. The van der Waals surface area contributed by atoms with Gasteiger partial charge in [0, 0.05) is 25.7 Å². The Morgan fingerprint density at radius 2 is 2.06 bits per heavy atom. The Hall–Kier alpha value is -1.26. The van der Waals surface area contributed by atoms with Crippen LogP contribution in [-0.4, -0.2) is 52.6 Å². The molecule has 0 aromatic carbocycles. The minimum absolute atomic E-state index is 0.0506. The number of hydrogen-bond donors (Lipinski definition) is 1. The lowest BCUT2D eigenvalue weighted by molar-refractivity contribution is -0.141. The van der Waals surface area contributed by atoms with E-state index in [9.17, 15) is 9.59 Å². The van der Waals surface area contributed by atoms with E-state index in [-0.39, 0.29) is 11.9 Å². The van der Waals surface area contributed by atoms with Gasteiger partial charge in [0.2, 0.25) is 0 Å². The largest absolute Gasteiger partial charge is 0.481 e. The van der Waals surface area contributed by atoms with Crippen LogP contribution in [0.25, 0.3) is 0 Å². The first-order chi connectivity index (χ1) is 8.63. The van der Waals surface area contributed by atoms with Gasteiger partial charge in [0.1, 0.15) is 0 Å². The highest BCUT2D eigenvalue weighted by atomic mass is 16.4. The van der Waals surface area contributed by atoms with Gasteiger partial charge in [-0.15, -0.1) is 0 Å². The molecule has 0 aromatic rings. The minimum Gasteiger partial charge on any atom is -0.481 e. The van der Waals surface area contributed by atoms with Gasteiger partial charge in [0.15, 0.2) is 0 Å². The lowest BCUT2D eigenvalue weighted by Crippen LogP contribution is -2.44.